The lowest BCUT2D eigenvalue weighted by Crippen LogP contribution is -2.60. The molecule has 12 amide bonds. The van der Waals surface area contributed by atoms with Gasteiger partial charge in [-0.15, -0.1) is 0 Å². The number of carbonyl (C=O) groups excluding carboxylic acids is 11. The molecule has 136 heavy (non-hydrogen) atoms. The van der Waals surface area contributed by atoms with Crippen molar-refractivity contribution in [3.05, 3.63) is 77.9 Å². The average molecular weight is 1930 g/mol. The molecule has 2 aromatic carbocycles. The highest BCUT2D eigenvalue weighted by Gasteiger charge is 2.45. The number of nitrogens with zero attached hydrogens (tertiary/aromatic N) is 5. The van der Waals surface area contributed by atoms with Crippen molar-refractivity contribution >= 4 is 71.0 Å². The molecule has 1 saturated heterocycles. The quantitative estimate of drug-likeness (QED) is 0.0333. The number of ether oxygens (including phenoxy) is 11. The Morgan fingerprint density at radius 2 is 1.10 bits per heavy atom. The zero-order valence-corrected chi connectivity index (χ0v) is 82.6. The molecule has 17 atom stereocenters. The highest BCUT2D eigenvalue weighted by Crippen LogP contribution is 2.32. The Kier molecular flexibility index (Phi) is 58.9. The fraction of sp³-hybridized carbons (Fsp3) is 0.737. The van der Waals surface area contributed by atoms with Gasteiger partial charge in [0.15, 0.2) is 0 Å². The SMILES string of the molecule is CCOCCOCCOCCOCCN(CCOCCOCCOCCOCCNC(=O)C(OC(=O)N(C)[C@H](C(=O)N[C@H](C(=O)N(C)[C@@H]([C@@H](C)CC)[C@@H](CC(=O)N1CCC[C@H]1[C@H](OC)[C@@H](C)C(=O)N[C@H](C)[C@@H](O)c1ccccc1)OC)C(C)C)C(C)C)c1ccc(NC(=O)[C@H](CCCNC(N)=O)NC(=O)[C@@H](NCCCCCCN2C(=O)C=CC2=O)C(C)C)cc1)C[C@H](O)[C@@H](O)[C@H](O)[C@H](O)CO. The van der Waals surface area contributed by atoms with E-state index < -0.39 is 157 Å². The highest BCUT2D eigenvalue weighted by molar-refractivity contribution is 6.12. The number of imide groups is 1. The number of primary amides is 1. The molecule has 0 bridgehead atoms. The van der Waals surface area contributed by atoms with Crippen molar-refractivity contribution in [1.82, 2.24) is 56.4 Å². The largest absolute Gasteiger partial charge is 0.431 e. The van der Waals surface area contributed by atoms with Crippen LogP contribution in [-0.4, -0.2) is 392 Å². The molecule has 0 aromatic heterocycles. The zero-order chi connectivity index (χ0) is 101. The summed E-state index contributed by atoms with van der Waals surface area (Å²) >= 11 is 0. The Morgan fingerprint density at radius 3 is 1.63 bits per heavy atom. The third kappa shape index (κ3) is 42.6. The maximum atomic E-state index is 15.2. The van der Waals surface area contributed by atoms with Crippen molar-refractivity contribution in [2.24, 2.45) is 35.3 Å². The summed E-state index contributed by atoms with van der Waals surface area (Å²) in [4.78, 5) is 159. The lowest BCUT2D eigenvalue weighted by molar-refractivity contribution is -0.148. The first kappa shape index (κ1) is 120. The predicted octanol–water partition coefficient (Wildman–Crippen LogP) is 2.10. The summed E-state index contributed by atoms with van der Waals surface area (Å²) in [5.41, 5.74) is 6.31. The van der Waals surface area contributed by atoms with E-state index in [1.54, 1.807) is 82.7 Å². The first-order chi connectivity index (χ1) is 65.0. The number of benzene rings is 2. The number of methoxy groups -OCH3 is 2. The average Bonchev–Trinajstić information content (AvgIpc) is 1.17. The first-order valence-electron chi connectivity index (χ1n) is 47.9. The normalized spacial score (nSPS) is 17.0. The first-order valence-corrected chi connectivity index (χ1v) is 47.9. The van der Waals surface area contributed by atoms with Crippen molar-refractivity contribution in [3.8, 4) is 0 Å². The van der Waals surface area contributed by atoms with Gasteiger partial charge >= 0.3 is 12.1 Å². The fourth-order valence-corrected chi connectivity index (χ4v) is 16.0. The summed E-state index contributed by atoms with van der Waals surface area (Å²) in [5.74, 6) is -6.85. The standard InChI is InChI=1S/C95H161N13O28/c1-16-65(9)82(75(126-14)59-78(114)107-41-26-30-72(107)86(127-15)66(10)88(118)100-67(11)83(115)68-27-21-20-22-28-68)104(12)93(123)80(63(5)6)103-91(121)81(64(7)8)105(13)95(125)136-87(69-31-33-70(34-32-69)101-89(119)71(29-25-38-99-94(96)124)102-90(120)79(62(3)4)97-37-23-18-19-24-40-108-76(112)35-36-77(108)113)92(122)98-39-44-129-49-52-133-57-58-135-54-51-131-46-43-106(60-73(110)84(116)85(117)74(111)61-109)42-45-130-50-53-134-56-55-132-48-47-128-17-2/h20-22,27-28,31-36,62-67,71-75,79-87,97,109-111,115-117H,16-19,23-26,29-30,37-61H2,1-15H3,(H,98,122)(H,100,118)(H,101,119)(H,102,120)(H,103,121)(H3,96,99,124)/t65-,66+,67+,71-,72-,73-,74+,75+,79-,80-,81-,82-,83+,84+,85+,86+,87?/m0/s1. The van der Waals surface area contributed by atoms with Gasteiger partial charge in [0.05, 0.1) is 167 Å². The molecule has 1 fully saturated rings. The molecule has 774 valence electrons. The Balaban J connectivity index is 1.48. The number of hydrogen-bond donors (Lipinski definition) is 14. The summed E-state index contributed by atoms with van der Waals surface area (Å²) in [7, 11) is 5.89. The zero-order valence-electron chi connectivity index (χ0n) is 82.6. The number of anilines is 1. The number of nitrogens with two attached hydrogens (primary N) is 1. The van der Waals surface area contributed by atoms with E-state index in [1.807, 2.05) is 40.7 Å². The molecule has 0 saturated carbocycles. The predicted molar refractivity (Wildman–Crippen MR) is 505 cm³/mol. The van der Waals surface area contributed by atoms with Crippen LogP contribution < -0.4 is 43.0 Å². The maximum absolute atomic E-state index is 15.2. The second kappa shape index (κ2) is 66.9. The molecule has 41 heteroatoms. The van der Waals surface area contributed by atoms with Crippen LogP contribution in [-0.2, 0) is 95.3 Å². The summed E-state index contributed by atoms with van der Waals surface area (Å²) in [6.45, 7) is 24.9. The number of amides is 12. The number of aliphatic hydroxyl groups is 6. The van der Waals surface area contributed by atoms with Crippen LogP contribution in [0.5, 0.6) is 0 Å². The minimum Gasteiger partial charge on any atom is -0.431 e. The van der Waals surface area contributed by atoms with Gasteiger partial charge in [0.2, 0.25) is 41.5 Å². The molecule has 2 heterocycles. The van der Waals surface area contributed by atoms with Gasteiger partial charge in [-0.25, -0.2) is 9.59 Å². The molecule has 1 unspecified atom stereocenters. The number of likely N-dealkylation sites (tertiary alicyclic amines) is 1. The smallest absolute Gasteiger partial charge is 0.411 e. The summed E-state index contributed by atoms with van der Waals surface area (Å²) in [5, 5.41) is 81.8. The maximum Gasteiger partial charge on any atom is 0.411 e. The van der Waals surface area contributed by atoms with Crippen molar-refractivity contribution in [3.63, 3.8) is 0 Å². The van der Waals surface area contributed by atoms with Crippen LogP contribution in [0.15, 0.2) is 66.7 Å². The van der Waals surface area contributed by atoms with Gasteiger partial charge in [0.25, 0.3) is 17.7 Å². The Bertz CT molecular complexity index is 3810. The summed E-state index contributed by atoms with van der Waals surface area (Å²) in [6, 6.07) is 7.79. The Hall–Kier alpha value is -8.57. The van der Waals surface area contributed by atoms with Gasteiger partial charge in [0.1, 0.15) is 36.4 Å². The van der Waals surface area contributed by atoms with Crippen LogP contribution in [0.25, 0.3) is 0 Å². The third-order valence-electron chi connectivity index (χ3n) is 24.0. The Labute approximate surface area is 802 Å². The van der Waals surface area contributed by atoms with Gasteiger partial charge in [-0.3, -0.25) is 57.9 Å². The minimum absolute atomic E-state index is 0.0324. The van der Waals surface area contributed by atoms with Crippen molar-refractivity contribution in [1.29, 1.82) is 0 Å². The van der Waals surface area contributed by atoms with Crippen LogP contribution in [0.1, 0.15) is 164 Å². The van der Waals surface area contributed by atoms with Crippen LogP contribution in [0.4, 0.5) is 15.3 Å². The highest BCUT2D eigenvalue weighted by atomic mass is 16.6. The number of nitrogens with one attached hydrogen (secondary N) is 7. The molecule has 2 aromatic rings. The summed E-state index contributed by atoms with van der Waals surface area (Å²) in [6.07, 6.45) is -4.96. The third-order valence-corrected chi connectivity index (χ3v) is 24.0. The molecule has 0 aliphatic carbocycles. The molecule has 2 aliphatic rings. The van der Waals surface area contributed by atoms with Gasteiger partial charge in [-0.05, 0) is 100 Å². The lowest BCUT2D eigenvalue weighted by atomic mass is 9.89. The molecular formula is C95H161N13O28. The molecule has 41 nitrogen and oxygen atoms in total. The minimum atomic E-state index is -1.80. The number of carbonyl (C=O) groups is 11. The van der Waals surface area contributed by atoms with E-state index >= 15 is 4.79 Å². The molecule has 2 aliphatic heterocycles. The van der Waals surface area contributed by atoms with E-state index in [4.69, 9.17) is 57.8 Å². The van der Waals surface area contributed by atoms with E-state index in [0.29, 0.717) is 103 Å². The van der Waals surface area contributed by atoms with Gasteiger partial charge in [-0.1, -0.05) is 124 Å². The van der Waals surface area contributed by atoms with Crippen LogP contribution >= 0.6 is 0 Å². The van der Waals surface area contributed by atoms with Gasteiger partial charge in [0, 0.05) is 104 Å². The van der Waals surface area contributed by atoms with E-state index in [1.165, 1.54) is 67.5 Å². The van der Waals surface area contributed by atoms with E-state index in [0.717, 1.165) is 17.7 Å². The number of unbranched alkanes of at least 4 members (excludes halogenated alkanes) is 3. The second-order valence-corrected chi connectivity index (χ2v) is 35.3. The number of likely N-dealkylation sites (N-methyl/N-ethyl adjacent to an activating group) is 2. The topological polar surface area (TPSA) is 537 Å². The van der Waals surface area contributed by atoms with Crippen molar-refractivity contribution in [2.75, 3.05) is 198 Å². The van der Waals surface area contributed by atoms with E-state index in [2.05, 4.69) is 37.2 Å². The van der Waals surface area contributed by atoms with Crippen LogP contribution in [0.2, 0.25) is 0 Å². The van der Waals surface area contributed by atoms with Crippen LogP contribution in [0.3, 0.4) is 0 Å². The molecule has 15 N–H and O–H groups in total. The van der Waals surface area contributed by atoms with Crippen molar-refractivity contribution < 1.29 is 135 Å². The fourth-order valence-electron chi connectivity index (χ4n) is 16.0. The Morgan fingerprint density at radius 1 is 0.551 bits per heavy atom. The van der Waals surface area contributed by atoms with Gasteiger partial charge < -0.3 is 135 Å². The molecule has 0 radical (unpaired) electrons. The van der Waals surface area contributed by atoms with Crippen LogP contribution in [0, 0.1) is 29.6 Å². The molecular weight excluding hydrogens is 1770 g/mol. The number of aliphatic hydroxyl groups excluding tert-OH is 6. The van der Waals surface area contributed by atoms with E-state index in [9.17, 15) is 78.6 Å². The van der Waals surface area contributed by atoms with E-state index in [-0.39, 0.29) is 158 Å². The second-order valence-electron chi connectivity index (χ2n) is 35.3. The lowest BCUT2D eigenvalue weighted by Gasteiger charge is -2.41. The number of hydrogen-bond acceptors (Lipinski definition) is 30. The van der Waals surface area contributed by atoms with Gasteiger partial charge in [-0.2, -0.15) is 0 Å². The number of rotatable bonds is 74. The monoisotopic (exact) mass is 1930 g/mol. The molecule has 0 spiro atoms. The number of urea groups is 1. The van der Waals surface area contributed by atoms with Crippen molar-refractivity contribution in [2.45, 2.75) is 231 Å². The molecule has 4 rings (SSSR count). The summed E-state index contributed by atoms with van der Waals surface area (Å²) < 4.78 is 63.1.